The van der Waals surface area contributed by atoms with E-state index in [2.05, 4.69) is 5.32 Å². The van der Waals surface area contributed by atoms with Crippen LogP contribution in [-0.2, 0) is 13.2 Å². The van der Waals surface area contributed by atoms with Gasteiger partial charge in [0.2, 0.25) is 0 Å². The van der Waals surface area contributed by atoms with Gasteiger partial charge in [-0.15, -0.1) is 0 Å². The molecule has 3 nitrogen and oxygen atoms in total. The summed E-state index contributed by atoms with van der Waals surface area (Å²) in [6.45, 7) is 1.21. The summed E-state index contributed by atoms with van der Waals surface area (Å²) in [5.74, 6) is 4.06. The fourth-order valence-electron chi connectivity index (χ4n) is 6.41. The molecule has 0 saturated heterocycles. The molecule has 0 spiro atoms. The lowest BCUT2D eigenvalue weighted by molar-refractivity contribution is -0.0206. The van der Waals surface area contributed by atoms with Crippen molar-refractivity contribution in [2.24, 2.45) is 17.8 Å². The Labute approximate surface area is 189 Å². The summed E-state index contributed by atoms with van der Waals surface area (Å²) in [6, 6.07) is 11.7. The second-order valence-corrected chi connectivity index (χ2v) is 10.4. The van der Waals surface area contributed by atoms with Gasteiger partial charge in [-0.25, -0.2) is 0 Å². The highest BCUT2D eigenvalue weighted by Gasteiger charge is 2.50. The molecule has 6 rings (SSSR count). The minimum atomic E-state index is 0.330. The van der Waals surface area contributed by atoms with E-state index in [1.54, 1.807) is 7.11 Å². The zero-order chi connectivity index (χ0) is 20.7. The molecule has 0 atom stereocenters. The van der Waals surface area contributed by atoms with E-state index in [9.17, 15) is 0 Å². The van der Waals surface area contributed by atoms with Crippen molar-refractivity contribution < 1.29 is 9.47 Å². The molecule has 0 heterocycles. The van der Waals surface area contributed by atoms with Crippen molar-refractivity contribution in [3.63, 3.8) is 0 Å². The lowest BCUT2D eigenvalue weighted by Gasteiger charge is -2.57. The normalized spacial score (nSPS) is 29.2. The Kier molecular flexibility index (Phi) is 5.64. The molecule has 1 N–H and O–H groups in total. The van der Waals surface area contributed by atoms with Gasteiger partial charge in [0, 0.05) is 17.1 Å². The average Bonchev–Trinajstić information content (AvgIpc) is 2.70. The minimum absolute atomic E-state index is 0.330. The lowest BCUT2D eigenvalue weighted by Crippen LogP contribution is -2.58. The van der Waals surface area contributed by atoms with Crippen molar-refractivity contribution >= 4 is 23.2 Å². The maximum Gasteiger partial charge on any atom is 0.180 e. The molecule has 4 saturated carbocycles. The van der Waals surface area contributed by atoms with Crippen molar-refractivity contribution in [2.45, 2.75) is 57.2 Å². The minimum Gasteiger partial charge on any atom is -0.493 e. The van der Waals surface area contributed by atoms with Crippen LogP contribution in [0.2, 0.25) is 10.0 Å². The Bertz CT molecular complexity index is 894. The lowest BCUT2D eigenvalue weighted by atomic mass is 9.53. The zero-order valence-corrected chi connectivity index (χ0v) is 18.9. The summed E-state index contributed by atoms with van der Waals surface area (Å²) < 4.78 is 11.6. The molecule has 0 aliphatic heterocycles. The van der Waals surface area contributed by atoms with Gasteiger partial charge in [-0.2, -0.15) is 0 Å². The van der Waals surface area contributed by atoms with Crippen molar-refractivity contribution in [3.05, 3.63) is 57.6 Å². The van der Waals surface area contributed by atoms with E-state index < -0.39 is 0 Å². The van der Waals surface area contributed by atoms with Gasteiger partial charge in [0.25, 0.3) is 0 Å². The fourth-order valence-corrected chi connectivity index (χ4v) is 6.92. The average molecular weight is 446 g/mol. The predicted octanol–water partition coefficient (Wildman–Crippen LogP) is 6.64. The monoisotopic (exact) mass is 445 g/mol. The summed E-state index contributed by atoms with van der Waals surface area (Å²) in [5, 5.41) is 5.21. The van der Waals surface area contributed by atoms with Gasteiger partial charge in [-0.1, -0.05) is 35.3 Å². The van der Waals surface area contributed by atoms with Gasteiger partial charge in [0.1, 0.15) is 6.61 Å². The SMILES string of the molecule is COc1cc(CNC23CC4CC(CC(C4)C2)C3)cc(Cl)c1OCc1cccc(Cl)c1. The number of hydrogen-bond donors (Lipinski definition) is 1. The van der Waals surface area contributed by atoms with Crippen LogP contribution in [0.15, 0.2) is 36.4 Å². The predicted molar refractivity (Wildman–Crippen MR) is 122 cm³/mol. The Morgan fingerprint density at radius 3 is 2.30 bits per heavy atom. The largest absolute Gasteiger partial charge is 0.493 e. The molecule has 0 amide bonds. The molecule has 0 aromatic heterocycles. The molecule has 5 heteroatoms. The number of rotatable bonds is 7. The molecule has 4 aliphatic rings. The Morgan fingerprint density at radius 1 is 0.967 bits per heavy atom. The third kappa shape index (κ3) is 4.17. The molecule has 2 aromatic rings. The van der Waals surface area contributed by atoms with Crippen molar-refractivity contribution in [1.29, 1.82) is 0 Å². The fraction of sp³-hybridized carbons (Fsp3) is 0.520. The maximum absolute atomic E-state index is 6.61. The van der Waals surface area contributed by atoms with Gasteiger partial charge in [-0.3, -0.25) is 0 Å². The van der Waals surface area contributed by atoms with Crippen LogP contribution in [-0.4, -0.2) is 12.6 Å². The third-order valence-corrected chi connectivity index (χ3v) is 7.78. The summed E-state index contributed by atoms with van der Waals surface area (Å²) >= 11 is 12.7. The van der Waals surface area contributed by atoms with Crippen LogP contribution < -0.4 is 14.8 Å². The van der Waals surface area contributed by atoms with Gasteiger partial charge in [0.15, 0.2) is 11.5 Å². The molecule has 30 heavy (non-hydrogen) atoms. The first-order chi connectivity index (χ1) is 14.5. The Hall–Kier alpha value is -1.42. The number of hydrogen-bond acceptors (Lipinski definition) is 3. The van der Waals surface area contributed by atoms with E-state index in [-0.39, 0.29) is 0 Å². The van der Waals surface area contributed by atoms with Crippen LogP contribution in [0.1, 0.15) is 49.7 Å². The summed E-state index contributed by atoms with van der Waals surface area (Å²) in [6.07, 6.45) is 8.39. The first kappa shape index (κ1) is 20.5. The zero-order valence-electron chi connectivity index (χ0n) is 17.4. The Morgan fingerprint density at radius 2 is 1.67 bits per heavy atom. The van der Waals surface area contributed by atoms with Crippen LogP contribution in [0.5, 0.6) is 11.5 Å². The van der Waals surface area contributed by atoms with Gasteiger partial charge >= 0.3 is 0 Å². The quantitative estimate of drug-likeness (QED) is 0.517. The molecule has 4 fully saturated rings. The molecule has 2 aromatic carbocycles. The topological polar surface area (TPSA) is 30.5 Å². The molecular weight excluding hydrogens is 417 g/mol. The molecule has 160 valence electrons. The summed E-state index contributed by atoms with van der Waals surface area (Å²) in [7, 11) is 1.66. The Balaban J connectivity index is 1.28. The van der Waals surface area contributed by atoms with Crippen molar-refractivity contribution in [1.82, 2.24) is 5.32 Å². The molecular formula is C25H29Cl2NO2. The van der Waals surface area contributed by atoms with Crippen molar-refractivity contribution in [2.75, 3.05) is 7.11 Å². The van der Waals surface area contributed by atoms with Crippen LogP contribution in [0.4, 0.5) is 0 Å². The van der Waals surface area contributed by atoms with E-state index in [0.717, 1.165) is 35.4 Å². The second-order valence-electron chi connectivity index (χ2n) is 9.58. The molecule has 4 aliphatic carbocycles. The van der Waals surface area contributed by atoms with Crippen LogP contribution in [0.3, 0.4) is 0 Å². The standard InChI is InChI=1S/C25H29Cl2NO2/c1-29-23-10-20(9-22(27)24(23)30-15-16-3-2-4-21(26)8-16)14-28-25-11-17-5-18(12-25)7-19(6-17)13-25/h2-4,8-10,17-19,28H,5-7,11-15H2,1H3. The molecule has 0 unspecified atom stereocenters. The molecule has 4 bridgehead atoms. The third-order valence-electron chi connectivity index (χ3n) is 7.27. The van der Waals surface area contributed by atoms with E-state index in [1.165, 1.54) is 38.5 Å². The van der Waals surface area contributed by atoms with E-state index in [1.807, 2.05) is 36.4 Å². The maximum atomic E-state index is 6.61. The van der Waals surface area contributed by atoms with Gasteiger partial charge < -0.3 is 14.8 Å². The van der Waals surface area contributed by atoms with E-state index >= 15 is 0 Å². The van der Waals surface area contributed by atoms with E-state index in [0.29, 0.717) is 33.7 Å². The number of methoxy groups -OCH3 is 1. The van der Waals surface area contributed by atoms with E-state index in [4.69, 9.17) is 32.7 Å². The first-order valence-corrected chi connectivity index (χ1v) is 11.8. The smallest absolute Gasteiger partial charge is 0.180 e. The first-order valence-electron chi connectivity index (χ1n) is 11.0. The summed E-state index contributed by atoms with van der Waals surface area (Å²) in [4.78, 5) is 0. The number of ether oxygens (including phenoxy) is 2. The van der Waals surface area contributed by atoms with Crippen LogP contribution in [0, 0.1) is 17.8 Å². The highest BCUT2D eigenvalue weighted by molar-refractivity contribution is 6.32. The number of benzene rings is 2. The van der Waals surface area contributed by atoms with Crippen molar-refractivity contribution in [3.8, 4) is 11.5 Å². The summed E-state index contributed by atoms with van der Waals surface area (Å²) in [5.41, 5.74) is 2.46. The van der Waals surface area contributed by atoms with Gasteiger partial charge in [0.05, 0.1) is 12.1 Å². The second kappa shape index (κ2) is 8.26. The number of nitrogens with one attached hydrogen (secondary N) is 1. The van der Waals surface area contributed by atoms with Crippen LogP contribution in [0.25, 0.3) is 0 Å². The molecule has 0 radical (unpaired) electrons. The highest BCUT2D eigenvalue weighted by Crippen LogP contribution is 2.55. The van der Waals surface area contributed by atoms with Gasteiger partial charge in [-0.05, 0) is 91.7 Å². The van der Waals surface area contributed by atoms with Crippen LogP contribution >= 0.6 is 23.2 Å². The highest BCUT2D eigenvalue weighted by atomic mass is 35.5. The number of halogens is 2.